The standard InChI is InChI=1S/C16H15F3N2O2/c17-16(18,19)10-4-5-11-13(8-10)20-9-12(15(22)23)14(11)21-6-2-1-3-7-21/h4-5,8-9H,1-3,6-7H2,(H,22,23). The lowest BCUT2D eigenvalue weighted by molar-refractivity contribution is -0.137. The molecule has 0 bridgehead atoms. The highest BCUT2D eigenvalue weighted by Crippen LogP contribution is 2.36. The molecule has 2 heterocycles. The van der Waals surface area contributed by atoms with E-state index in [1.807, 2.05) is 4.90 Å². The first-order valence-corrected chi connectivity index (χ1v) is 7.36. The van der Waals surface area contributed by atoms with Crippen LogP contribution in [0.3, 0.4) is 0 Å². The topological polar surface area (TPSA) is 53.4 Å². The quantitative estimate of drug-likeness (QED) is 0.909. The van der Waals surface area contributed by atoms with Gasteiger partial charge in [-0.05, 0) is 31.4 Å². The van der Waals surface area contributed by atoms with Crippen molar-refractivity contribution in [3.8, 4) is 0 Å². The van der Waals surface area contributed by atoms with Crippen LogP contribution in [0.5, 0.6) is 0 Å². The largest absolute Gasteiger partial charge is 0.478 e. The maximum absolute atomic E-state index is 12.8. The fourth-order valence-corrected chi connectivity index (χ4v) is 2.97. The molecule has 1 saturated heterocycles. The number of fused-ring (bicyclic) bond motifs is 1. The summed E-state index contributed by atoms with van der Waals surface area (Å²) < 4.78 is 38.5. The predicted molar refractivity (Wildman–Crippen MR) is 79.8 cm³/mol. The summed E-state index contributed by atoms with van der Waals surface area (Å²) in [5, 5.41) is 9.84. The minimum atomic E-state index is -4.45. The molecular formula is C16H15F3N2O2. The van der Waals surface area contributed by atoms with Crippen molar-refractivity contribution in [2.24, 2.45) is 0 Å². The molecule has 0 aliphatic carbocycles. The van der Waals surface area contributed by atoms with Crippen LogP contribution in [0.4, 0.5) is 18.9 Å². The second-order valence-corrected chi connectivity index (χ2v) is 5.60. The predicted octanol–water partition coefficient (Wildman–Crippen LogP) is 3.94. The van der Waals surface area contributed by atoms with Gasteiger partial charge in [0, 0.05) is 24.7 Å². The van der Waals surface area contributed by atoms with E-state index in [1.165, 1.54) is 6.07 Å². The van der Waals surface area contributed by atoms with Crippen LogP contribution in [0.1, 0.15) is 35.2 Å². The Morgan fingerprint density at radius 3 is 2.48 bits per heavy atom. The van der Waals surface area contributed by atoms with E-state index in [0.717, 1.165) is 37.6 Å². The average molecular weight is 324 g/mol. The number of aromatic nitrogens is 1. The Hall–Kier alpha value is -2.31. The number of nitrogens with zero attached hydrogens (tertiary/aromatic N) is 2. The van der Waals surface area contributed by atoms with Crippen LogP contribution in [0.2, 0.25) is 0 Å². The summed E-state index contributed by atoms with van der Waals surface area (Å²) in [6.07, 6.45) is -0.367. The smallest absolute Gasteiger partial charge is 0.416 e. The highest BCUT2D eigenvalue weighted by Gasteiger charge is 2.31. The van der Waals surface area contributed by atoms with Gasteiger partial charge in [0.15, 0.2) is 0 Å². The van der Waals surface area contributed by atoms with Crippen molar-refractivity contribution in [3.63, 3.8) is 0 Å². The molecule has 0 unspecified atom stereocenters. The Balaban J connectivity index is 2.20. The summed E-state index contributed by atoms with van der Waals surface area (Å²) >= 11 is 0. The fourth-order valence-electron chi connectivity index (χ4n) is 2.97. The zero-order chi connectivity index (χ0) is 16.6. The van der Waals surface area contributed by atoms with E-state index in [2.05, 4.69) is 4.98 Å². The lowest BCUT2D eigenvalue weighted by Crippen LogP contribution is -2.31. The number of rotatable bonds is 2. The van der Waals surface area contributed by atoms with Crippen molar-refractivity contribution in [2.75, 3.05) is 18.0 Å². The lowest BCUT2D eigenvalue weighted by Gasteiger charge is -2.30. The number of carbonyl (C=O) groups is 1. The van der Waals surface area contributed by atoms with Gasteiger partial charge >= 0.3 is 12.1 Å². The lowest BCUT2D eigenvalue weighted by atomic mass is 10.0. The molecular weight excluding hydrogens is 309 g/mol. The van der Waals surface area contributed by atoms with Gasteiger partial charge in [0.25, 0.3) is 0 Å². The fraction of sp³-hybridized carbons (Fsp3) is 0.375. The van der Waals surface area contributed by atoms with Crippen LogP contribution in [0, 0.1) is 0 Å². The third kappa shape index (κ3) is 2.95. The Kier molecular flexibility index (Phi) is 3.87. The third-order valence-electron chi connectivity index (χ3n) is 4.07. The number of carboxylic acids is 1. The number of piperidine rings is 1. The van der Waals surface area contributed by atoms with Crippen LogP contribution < -0.4 is 4.90 Å². The first kappa shape index (κ1) is 15.6. The molecule has 23 heavy (non-hydrogen) atoms. The number of aromatic carboxylic acids is 1. The number of alkyl halides is 3. The monoisotopic (exact) mass is 324 g/mol. The molecule has 0 amide bonds. The molecule has 1 aliphatic rings. The first-order chi connectivity index (χ1) is 10.9. The molecule has 1 aliphatic heterocycles. The average Bonchev–Trinajstić information content (AvgIpc) is 2.53. The minimum absolute atomic E-state index is 0.0270. The van der Waals surface area contributed by atoms with Crippen LogP contribution >= 0.6 is 0 Å². The van der Waals surface area contributed by atoms with E-state index in [4.69, 9.17) is 0 Å². The Bertz CT molecular complexity index is 753. The maximum atomic E-state index is 12.8. The molecule has 0 spiro atoms. The van der Waals surface area contributed by atoms with Gasteiger partial charge in [0.1, 0.15) is 5.56 Å². The first-order valence-electron chi connectivity index (χ1n) is 7.36. The van der Waals surface area contributed by atoms with Crippen LogP contribution in [-0.2, 0) is 6.18 Å². The van der Waals surface area contributed by atoms with Gasteiger partial charge in [-0.25, -0.2) is 4.79 Å². The Labute approximate surface area is 130 Å². The van der Waals surface area contributed by atoms with E-state index in [-0.39, 0.29) is 11.1 Å². The molecule has 7 heteroatoms. The van der Waals surface area contributed by atoms with Gasteiger partial charge in [-0.3, -0.25) is 4.98 Å². The summed E-state index contributed by atoms with van der Waals surface area (Å²) in [5.74, 6) is -1.13. The molecule has 122 valence electrons. The van der Waals surface area contributed by atoms with Crippen molar-refractivity contribution in [1.82, 2.24) is 4.98 Å². The second kappa shape index (κ2) is 5.72. The molecule has 3 rings (SSSR count). The molecule has 1 aromatic carbocycles. The number of pyridine rings is 1. The van der Waals surface area contributed by atoms with Gasteiger partial charge in [0.05, 0.1) is 16.8 Å². The summed E-state index contributed by atoms with van der Waals surface area (Å²) in [5.41, 5.74) is -0.134. The van der Waals surface area contributed by atoms with Gasteiger partial charge in [-0.1, -0.05) is 6.07 Å². The van der Waals surface area contributed by atoms with Crippen molar-refractivity contribution >= 4 is 22.6 Å². The van der Waals surface area contributed by atoms with Crippen molar-refractivity contribution in [3.05, 3.63) is 35.5 Å². The molecule has 4 nitrogen and oxygen atoms in total. The van der Waals surface area contributed by atoms with Crippen molar-refractivity contribution < 1.29 is 23.1 Å². The molecule has 0 saturated carbocycles. The van der Waals surface area contributed by atoms with Crippen LogP contribution in [-0.4, -0.2) is 29.1 Å². The van der Waals surface area contributed by atoms with E-state index < -0.39 is 17.7 Å². The number of hydrogen-bond acceptors (Lipinski definition) is 3. The number of carboxylic acid groups (broad SMARTS) is 1. The molecule has 0 atom stereocenters. The number of benzene rings is 1. The Morgan fingerprint density at radius 1 is 1.17 bits per heavy atom. The molecule has 0 radical (unpaired) electrons. The van der Waals surface area contributed by atoms with Gasteiger partial charge in [0.2, 0.25) is 0 Å². The van der Waals surface area contributed by atoms with Crippen molar-refractivity contribution in [2.45, 2.75) is 25.4 Å². The third-order valence-corrected chi connectivity index (χ3v) is 4.07. The van der Waals surface area contributed by atoms with Crippen LogP contribution in [0.15, 0.2) is 24.4 Å². The van der Waals surface area contributed by atoms with E-state index in [9.17, 15) is 23.1 Å². The summed E-state index contributed by atoms with van der Waals surface area (Å²) in [4.78, 5) is 17.3. The zero-order valence-corrected chi connectivity index (χ0v) is 12.2. The molecule has 1 fully saturated rings. The second-order valence-electron chi connectivity index (χ2n) is 5.60. The normalized spacial score (nSPS) is 15.9. The summed E-state index contributed by atoms with van der Waals surface area (Å²) in [7, 11) is 0. The number of hydrogen-bond donors (Lipinski definition) is 1. The molecule has 2 aromatic rings. The van der Waals surface area contributed by atoms with Gasteiger partial charge < -0.3 is 10.0 Å². The highest BCUT2D eigenvalue weighted by atomic mass is 19.4. The van der Waals surface area contributed by atoms with Crippen molar-refractivity contribution in [1.29, 1.82) is 0 Å². The van der Waals surface area contributed by atoms with E-state index in [0.29, 0.717) is 24.2 Å². The van der Waals surface area contributed by atoms with Crippen LogP contribution in [0.25, 0.3) is 10.9 Å². The number of halogens is 3. The van der Waals surface area contributed by atoms with Gasteiger partial charge in [-0.15, -0.1) is 0 Å². The van der Waals surface area contributed by atoms with E-state index in [1.54, 1.807) is 0 Å². The number of anilines is 1. The Morgan fingerprint density at radius 2 is 1.87 bits per heavy atom. The molecule has 1 aromatic heterocycles. The minimum Gasteiger partial charge on any atom is -0.478 e. The highest BCUT2D eigenvalue weighted by molar-refractivity contribution is 6.04. The SMILES string of the molecule is O=C(O)c1cnc2cc(C(F)(F)F)ccc2c1N1CCCCC1. The zero-order valence-electron chi connectivity index (χ0n) is 12.2. The van der Waals surface area contributed by atoms with Gasteiger partial charge in [-0.2, -0.15) is 13.2 Å². The maximum Gasteiger partial charge on any atom is 0.416 e. The summed E-state index contributed by atoms with van der Waals surface area (Å²) in [6.45, 7) is 1.39. The van der Waals surface area contributed by atoms with E-state index >= 15 is 0 Å². The summed E-state index contributed by atoms with van der Waals surface area (Å²) in [6, 6.07) is 3.26. The molecule has 1 N–H and O–H groups in total.